The van der Waals surface area contributed by atoms with Gasteiger partial charge >= 0.3 is 0 Å². The Morgan fingerprint density at radius 3 is 2.58 bits per heavy atom. The maximum absolute atomic E-state index is 5.21. The van der Waals surface area contributed by atoms with E-state index in [1.807, 2.05) is 25.9 Å². The Bertz CT molecular complexity index is 134. The van der Waals surface area contributed by atoms with Crippen molar-refractivity contribution in [1.29, 1.82) is 0 Å². The number of likely N-dealkylation sites (N-methyl/N-ethyl adjacent to an activating group) is 1. The van der Waals surface area contributed by atoms with Gasteiger partial charge in [-0.1, -0.05) is 6.92 Å². The minimum atomic E-state index is 0.757. The van der Waals surface area contributed by atoms with Gasteiger partial charge < -0.3 is 4.74 Å². The van der Waals surface area contributed by atoms with Crippen molar-refractivity contribution in [3.8, 4) is 0 Å². The fourth-order valence-electron chi connectivity index (χ4n) is 0.753. The Morgan fingerprint density at radius 2 is 2.08 bits per heavy atom. The third-order valence-electron chi connectivity index (χ3n) is 1.62. The van der Waals surface area contributed by atoms with Gasteiger partial charge in [-0.25, -0.2) is 0 Å². The number of nitrogens with zero attached hydrogens (tertiary/aromatic N) is 2. The summed E-state index contributed by atoms with van der Waals surface area (Å²) < 4.78 is 5.21. The molecule has 0 aliphatic rings. The molecule has 0 aromatic rings. The van der Waals surface area contributed by atoms with Crippen LogP contribution in [0.3, 0.4) is 0 Å². The minimum absolute atomic E-state index is 0.757. The lowest BCUT2D eigenvalue weighted by Crippen LogP contribution is -2.19. The minimum Gasteiger partial charge on any atom is -0.380 e. The molecule has 0 N–H and O–H groups in total. The molecule has 0 saturated carbocycles. The molecule has 0 rings (SSSR count). The van der Waals surface area contributed by atoms with E-state index in [4.69, 9.17) is 4.74 Å². The zero-order valence-electron chi connectivity index (χ0n) is 8.63. The molecule has 0 aliphatic carbocycles. The van der Waals surface area contributed by atoms with Gasteiger partial charge in [0.15, 0.2) is 0 Å². The van der Waals surface area contributed by atoms with Crippen LogP contribution in [-0.4, -0.2) is 37.5 Å². The second kappa shape index (κ2) is 7.10. The van der Waals surface area contributed by atoms with Gasteiger partial charge in [0.1, 0.15) is 0 Å². The molecule has 0 unspecified atom stereocenters. The number of hydrazone groups is 1. The maximum atomic E-state index is 5.21. The fourth-order valence-corrected chi connectivity index (χ4v) is 0.753. The molecule has 0 atom stereocenters. The van der Waals surface area contributed by atoms with Gasteiger partial charge in [0.05, 0.1) is 13.2 Å². The molecule has 0 amide bonds. The Kier molecular flexibility index (Phi) is 6.76. The van der Waals surface area contributed by atoms with E-state index < -0.39 is 0 Å². The highest BCUT2D eigenvalue weighted by atomic mass is 16.5. The summed E-state index contributed by atoms with van der Waals surface area (Å²) in [5, 5.41) is 6.26. The van der Waals surface area contributed by atoms with Crippen LogP contribution < -0.4 is 0 Å². The third kappa shape index (κ3) is 6.16. The second-order valence-corrected chi connectivity index (χ2v) is 2.77. The van der Waals surface area contributed by atoms with Gasteiger partial charge in [0, 0.05) is 19.4 Å². The normalized spacial score (nSPS) is 11.8. The SMILES string of the molecule is CCOCCN(C)/N=C(\C)CC. The molecule has 3 heteroatoms. The van der Waals surface area contributed by atoms with Crippen LogP contribution in [0.2, 0.25) is 0 Å². The Morgan fingerprint density at radius 1 is 1.42 bits per heavy atom. The lowest BCUT2D eigenvalue weighted by molar-refractivity contribution is 0.123. The van der Waals surface area contributed by atoms with Gasteiger partial charge in [-0.3, -0.25) is 5.01 Å². The smallest absolute Gasteiger partial charge is 0.0658 e. The predicted octanol–water partition coefficient (Wildman–Crippen LogP) is 1.74. The van der Waals surface area contributed by atoms with E-state index in [0.29, 0.717) is 0 Å². The largest absolute Gasteiger partial charge is 0.380 e. The summed E-state index contributed by atoms with van der Waals surface area (Å²) in [7, 11) is 1.97. The summed E-state index contributed by atoms with van der Waals surface area (Å²) in [6.45, 7) is 8.55. The van der Waals surface area contributed by atoms with E-state index in [-0.39, 0.29) is 0 Å². The summed E-state index contributed by atoms with van der Waals surface area (Å²) in [6, 6.07) is 0. The predicted molar refractivity (Wildman–Crippen MR) is 52.5 cm³/mol. The second-order valence-electron chi connectivity index (χ2n) is 2.77. The zero-order chi connectivity index (χ0) is 9.40. The molecule has 0 radical (unpaired) electrons. The summed E-state index contributed by atoms with van der Waals surface area (Å²) >= 11 is 0. The van der Waals surface area contributed by atoms with Crippen LogP contribution in [-0.2, 0) is 4.74 Å². The quantitative estimate of drug-likeness (QED) is 0.346. The molecule has 0 bridgehead atoms. The summed E-state index contributed by atoms with van der Waals surface area (Å²) in [4.78, 5) is 0. The van der Waals surface area contributed by atoms with Gasteiger partial charge in [-0.2, -0.15) is 5.10 Å². The maximum Gasteiger partial charge on any atom is 0.0658 e. The molecule has 0 saturated heterocycles. The van der Waals surface area contributed by atoms with Gasteiger partial charge in [0.25, 0.3) is 0 Å². The zero-order valence-corrected chi connectivity index (χ0v) is 8.63. The lowest BCUT2D eigenvalue weighted by atomic mass is 10.3. The van der Waals surface area contributed by atoms with Crippen LogP contribution in [0.25, 0.3) is 0 Å². The van der Waals surface area contributed by atoms with Crippen molar-refractivity contribution in [3.05, 3.63) is 0 Å². The standard InChI is InChI=1S/C9H20N2O/c1-5-9(3)10-11(4)7-8-12-6-2/h5-8H2,1-4H3/b10-9+. The van der Waals surface area contributed by atoms with E-state index >= 15 is 0 Å². The molecule has 0 fully saturated rings. The van der Waals surface area contributed by atoms with Crippen LogP contribution in [0.5, 0.6) is 0 Å². The molecule has 0 heterocycles. The molecule has 0 aromatic carbocycles. The van der Waals surface area contributed by atoms with Crippen LogP contribution in [0.4, 0.5) is 0 Å². The van der Waals surface area contributed by atoms with Gasteiger partial charge in [-0.05, 0) is 20.3 Å². The van der Waals surface area contributed by atoms with E-state index in [2.05, 4.69) is 12.0 Å². The topological polar surface area (TPSA) is 24.8 Å². The molecule has 0 aliphatic heterocycles. The van der Waals surface area contributed by atoms with E-state index in [1.165, 1.54) is 0 Å². The third-order valence-corrected chi connectivity index (χ3v) is 1.62. The van der Waals surface area contributed by atoms with Crippen molar-refractivity contribution in [3.63, 3.8) is 0 Å². The number of hydrogen-bond acceptors (Lipinski definition) is 3. The van der Waals surface area contributed by atoms with Crippen LogP contribution >= 0.6 is 0 Å². The molecule has 3 nitrogen and oxygen atoms in total. The van der Waals surface area contributed by atoms with E-state index in [9.17, 15) is 0 Å². The summed E-state index contributed by atoms with van der Waals surface area (Å²) in [6.07, 6.45) is 1.01. The molecule has 12 heavy (non-hydrogen) atoms. The van der Waals surface area contributed by atoms with Crippen LogP contribution in [0.15, 0.2) is 5.10 Å². The monoisotopic (exact) mass is 172 g/mol. The van der Waals surface area contributed by atoms with Gasteiger partial charge in [-0.15, -0.1) is 0 Å². The highest BCUT2D eigenvalue weighted by molar-refractivity contribution is 5.81. The molecule has 0 aromatic heterocycles. The summed E-state index contributed by atoms with van der Waals surface area (Å²) in [5.74, 6) is 0. The molecular formula is C9H20N2O. The fraction of sp³-hybridized carbons (Fsp3) is 0.889. The van der Waals surface area contributed by atoms with Crippen molar-refractivity contribution in [1.82, 2.24) is 5.01 Å². The van der Waals surface area contributed by atoms with E-state index in [1.54, 1.807) is 0 Å². The van der Waals surface area contributed by atoms with Crippen molar-refractivity contribution < 1.29 is 4.74 Å². The van der Waals surface area contributed by atoms with Crippen molar-refractivity contribution in [2.45, 2.75) is 27.2 Å². The first-order valence-corrected chi connectivity index (χ1v) is 4.53. The van der Waals surface area contributed by atoms with Crippen molar-refractivity contribution >= 4 is 5.71 Å². The number of ether oxygens (including phenoxy) is 1. The number of rotatable bonds is 6. The first-order valence-electron chi connectivity index (χ1n) is 4.53. The Hall–Kier alpha value is -0.570. The van der Waals surface area contributed by atoms with Crippen LogP contribution in [0.1, 0.15) is 27.2 Å². The highest BCUT2D eigenvalue weighted by Crippen LogP contribution is 1.89. The average molecular weight is 172 g/mol. The van der Waals surface area contributed by atoms with Crippen LogP contribution in [0, 0.1) is 0 Å². The molecule has 72 valence electrons. The Labute approximate surface area is 75.4 Å². The Balaban J connectivity index is 3.51. The van der Waals surface area contributed by atoms with Crippen molar-refractivity contribution in [2.24, 2.45) is 5.10 Å². The molecule has 0 spiro atoms. The lowest BCUT2D eigenvalue weighted by Gasteiger charge is -2.13. The summed E-state index contributed by atoms with van der Waals surface area (Å²) in [5.41, 5.74) is 1.16. The van der Waals surface area contributed by atoms with Crippen molar-refractivity contribution in [2.75, 3.05) is 26.8 Å². The van der Waals surface area contributed by atoms with E-state index in [0.717, 1.165) is 31.9 Å². The first-order chi connectivity index (χ1) is 5.70. The number of hydrogen-bond donors (Lipinski definition) is 0. The molecular weight excluding hydrogens is 152 g/mol. The average Bonchev–Trinajstić information content (AvgIpc) is 2.05. The highest BCUT2D eigenvalue weighted by Gasteiger charge is 1.93. The van der Waals surface area contributed by atoms with Gasteiger partial charge in [0.2, 0.25) is 0 Å². The first kappa shape index (κ1) is 11.4.